The van der Waals surface area contributed by atoms with Crippen molar-refractivity contribution < 1.29 is 52.5 Å². The third-order valence-corrected chi connectivity index (χ3v) is 6.73. The molecular formula is C21H32O11. The molecule has 0 aromatic heterocycles. The Balaban J connectivity index is 0.890. The van der Waals surface area contributed by atoms with Gasteiger partial charge in [0.25, 0.3) is 0 Å². The smallest absolute Gasteiger partial charge is 0.115 e. The first-order valence-corrected chi connectivity index (χ1v) is 11.6. The Morgan fingerprint density at radius 3 is 1.22 bits per heavy atom. The zero-order valence-electron chi connectivity index (χ0n) is 18.0. The van der Waals surface area contributed by atoms with E-state index < -0.39 is 6.10 Å². The van der Waals surface area contributed by atoms with Gasteiger partial charge >= 0.3 is 0 Å². The molecule has 11 heteroatoms. The van der Waals surface area contributed by atoms with Crippen molar-refractivity contribution in [3.8, 4) is 0 Å². The Morgan fingerprint density at radius 1 is 0.531 bits per heavy atom. The lowest BCUT2D eigenvalue weighted by Gasteiger charge is -2.21. The van der Waals surface area contributed by atoms with Gasteiger partial charge in [-0.15, -0.1) is 0 Å². The molecule has 0 aliphatic carbocycles. The highest BCUT2D eigenvalue weighted by Crippen LogP contribution is 2.32. The monoisotopic (exact) mass is 460 g/mol. The van der Waals surface area contributed by atoms with E-state index in [-0.39, 0.29) is 74.3 Å². The van der Waals surface area contributed by atoms with Crippen molar-refractivity contribution in [2.45, 2.75) is 67.1 Å². The van der Waals surface area contributed by atoms with Crippen molar-refractivity contribution in [1.29, 1.82) is 0 Å². The minimum atomic E-state index is -0.769. The van der Waals surface area contributed by atoms with Crippen LogP contribution in [0.4, 0.5) is 0 Å². The van der Waals surface area contributed by atoms with Gasteiger partial charge in [-0.1, -0.05) is 0 Å². The molecule has 0 saturated carbocycles. The zero-order chi connectivity index (χ0) is 21.5. The number of fused-ring (bicyclic) bond motifs is 2. The van der Waals surface area contributed by atoms with Gasteiger partial charge in [0.05, 0.1) is 66.1 Å². The minimum absolute atomic E-state index is 0.0996. The van der Waals surface area contributed by atoms with E-state index in [1.54, 1.807) is 0 Å². The maximum Gasteiger partial charge on any atom is 0.115 e. The van der Waals surface area contributed by atoms with Crippen molar-refractivity contribution in [2.75, 3.05) is 66.1 Å². The zero-order valence-corrected chi connectivity index (χ0v) is 18.0. The summed E-state index contributed by atoms with van der Waals surface area (Å²) < 4.78 is 57.2. The summed E-state index contributed by atoms with van der Waals surface area (Å²) in [6.45, 7) is 4.74. The van der Waals surface area contributed by atoms with Crippen molar-refractivity contribution in [2.24, 2.45) is 0 Å². The van der Waals surface area contributed by atoms with Crippen LogP contribution in [0.15, 0.2) is 0 Å². The lowest BCUT2D eigenvalue weighted by molar-refractivity contribution is -0.101. The van der Waals surface area contributed by atoms with Crippen LogP contribution in [0.25, 0.3) is 0 Å². The first-order valence-electron chi connectivity index (χ1n) is 11.6. The molecule has 0 aromatic rings. The van der Waals surface area contributed by atoms with Gasteiger partial charge in [0.15, 0.2) is 0 Å². The van der Waals surface area contributed by atoms with Gasteiger partial charge < -0.3 is 52.5 Å². The van der Waals surface area contributed by atoms with E-state index in [0.29, 0.717) is 39.6 Å². The molecule has 11 atom stereocenters. The van der Waals surface area contributed by atoms with Crippen LogP contribution in [-0.4, -0.2) is 138 Å². The van der Waals surface area contributed by atoms with Crippen LogP contribution < -0.4 is 0 Å². The molecule has 0 aromatic carbocycles. The van der Waals surface area contributed by atoms with Crippen LogP contribution in [0.2, 0.25) is 0 Å². The Labute approximate surface area is 186 Å². The Morgan fingerprint density at radius 2 is 0.875 bits per heavy atom. The van der Waals surface area contributed by atoms with E-state index in [0.717, 1.165) is 13.2 Å². The van der Waals surface area contributed by atoms with E-state index in [1.807, 2.05) is 0 Å². The SMILES string of the molecule is OC(CO[C@H]1CO[C@H]2[C@@H]1OC[C@H]2OCC1CO1)CO[C@@H]1CO[C@H]2[C@@H]1OC[C@@H]2OCC1CO1. The largest absolute Gasteiger partial charge is 0.388 e. The minimum Gasteiger partial charge on any atom is -0.388 e. The Hall–Kier alpha value is -0.440. The van der Waals surface area contributed by atoms with Gasteiger partial charge in [0, 0.05) is 0 Å². The van der Waals surface area contributed by atoms with Crippen LogP contribution in [0.1, 0.15) is 0 Å². The highest BCUT2D eigenvalue weighted by molar-refractivity contribution is 4.97. The third-order valence-electron chi connectivity index (χ3n) is 6.73. The summed E-state index contributed by atoms with van der Waals surface area (Å²) in [5, 5.41) is 10.4. The number of epoxide rings is 2. The van der Waals surface area contributed by atoms with E-state index in [4.69, 9.17) is 47.4 Å². The molecule has 3 unspecified atom stereocenters. The van der Waals surface area contributed by atoms with Gasteiger partial charge in [-0.3, -0.25) is 0 Å². The molecule has 6 aliphatic heterocycles. The first-order chi connectivity index (χ1) is 15.7. The number of aliphatic hydroxyl groups is 1. The Bertz CT molecular complexity index is 577. The number of aliphatic hydroxyl groups excluding tert-OH is 1. The summed E-state index contributed by atoms with van der Waals surface area (Å²) >= 11 is 0. The summed E-state index contributed by atoms with van der Waals surface area (Å²) in [5.74, 6) is 0. The average molecular weight is 460 g/mol. The van der Waals surface area contributed by atoms with E-state index >= 15 is 0 Å². The first kappa shape index (κ1) is 22.1. The summed E-state index contributed by atoms with van der Waals surface area (Å²) in [4.78, 5) is 0. The number of ether oxygens (including phenoxy) is 10. The molecule has 6 fully saturated rings. The molecule has 6 saturated heterocycles. The van der Waals surface area contributed by atoms with E-state index in [2.05, 4.69) is 0 Å². The molecule has 0 radical (unpaired) electrons. The van der Waals surface area contributed by atoms with Crippen molar-refractivity contribution in [3.05, 3.63) is 0 Å². The van der Waals surface area contributed by atoms with Gasteiger partial charge in [0.2, 0.25) is 0 Å². The molecule has 11 nitrogen and oxygen atoms in total. The van der Waals surface area contributed by atoms with Crippen molar-refractivity contribution in [3.63, 3.8) is 0 Å². The lowest BCUT2D eigenvalue weighted by atomic mass is 10.1. The molecule has 6 aliphatic rings. The van der Waals surface area contributed by atoms with Gasteiger partial charge in [-0.25, -0.2) is 0 Å². The van der Waals surface area contributed by atoms with Crippen LogP contribution in [0, 0.1) is 0 Å². The van der Waals surface area contributed by atoms with E-state index in [9.17, 15) is 5.11 Å². The quantitative estimate of drug-likeness (QED) is 0.335. The molecule has 0 amide bonds. The molecule has 6 rings (SSSR count). The molecule has 32 heavy (non-hydrogen) atoms. The summed E-state index contributed by atoms with van der Waals surface area (Å²) in [6, 6.07) is 0. The van der Waals surface area contributed by atoms with Crippen LogP contribution >= 0.6 is 0 Å². The van der Waals surface area contributed by atoms with Crippen LogP contribution in [-0.2, 0) is 47.4 Å². The molecule has 1 N–H and O–H groups in total. The third kappa shape index (κ3) is 4.98. The second kappa shape index (κ2) is 9.67. The van der Waals surface area contributed by atoms with Gasteiger partial charge in [-0.05, 0) is 0 Å². The maximum atomic E-state index is 10.4. The van der Waals surface area contributed by atoms with Crippen LogP contribution in [0.5, 0.6) is 0 Å². The standard InChI is InChI=1S/C21H32O11/c22-11(1-25-14-7-29-20-16(9-31-18(14)20)27-5-12-3-23-12)2-26-15-8-30-21-17(10-32-19(15)21)28-6-13-4-24-13/h11-22H,1-10H2/t11?,12?,13?,14-,15+,16+,17-,18-,19-,20-,21-/m1/s1. The molecular weight excluding hydrogens is 428 g/mol. The normalized spacial score (nSPS) is 47.5. The predicted octanol–water partition coefficient (Wildman–Crippen LogP) is -1.72. The second-order valence-corrected chi connectivity index (χ2v) is 9.24. The average Bonchev–Trinajstić information content (AvgIpc) is 3.62. The Kier molecular flexibility index (Phi) is 6.66. The summed E-state index contributed by atoms with van der Waals surface area (Å²) in [5.41, 5.74) is 0. The van der Waals surface area contributed by atoms with Crippen molar-refractivity contribution in [1.82, 2.24) is 0 Å². The van der Waals surface area contributed by atoms with Crippen molar-refractivity contribution >= 4 is 0 Å². The summed E-state index contributed by atoms with van der Waals surface area (Å²) in [6.07, 6.45) is -1.64. The fourth-order valence-electron chi connectivity index (χ4n) is 4.74. The fourth-order valence-corrected chi connectivity index (χ4v) is 4.74. The van der Waals surface area contributed by atoms with Gasteiger partial charge in [0.1, 0.15) is 67.1 Å². The summed E-state index contributed by atoms with van der Waals surface area (Å²) in [7, 11) is 0. The number of hydrogen-bond donors (Lipinski definition) is 1. The highest BCUT2D eigenvalue weighted by atomic mass is 16.7. The van der Waals surface area contributed by atoms with Gasteiger partial charge in [-0.2, -0.15) is 0 Å². The highest BCUT2D eigenvalue weighted by Gasteiger charge is 2.50. The molecule has 0 bridgehead atoms. The molecule has 182 valence electrons. The second-order valence-electron chi connectivity index (χ2n) is 9.24. The van der Waals surface area contributed by atoms with Crippen LogP contribution in [0.3, 0.4) is 0 Å². The molecule has 0 spiro atoms. The molecule has 6 heterocycles. The number of hydrogen-bond acceptors (Lipinski definition) is 11. The number of rotatable bonds is 12. The predicted molar refractivity (Wildman–Crippen MR) is 103 cm³/mol. The maximum absolute atomic E-state index is 10.4. The lowest BCUT2D eigenvalue weighted by Crippen LogP contribution is -2.38. The fraction of sp³-hybridized carbons (Fsp3) is 1.00. The topological polar surface area (TPSA) is 119 Å². The van der Waals surface area contributed by atoms with E-state index in [1.165, 1.54) is 0 Å².